The fourth-order valence-corrected chi connectivity index (χ4v) is 4.23. The van der Waals surface area contributed by atoms with Crippen molar-refractivity contribution in [2.75, 3.05) is 7.11 Å². The maximum atomic E-state index is 13.6. The average molecular weight is 481 g/mol. The minimum Gasteiger partial charge on any atom is -0.496 e. The normalized spacial score (nSPS) is 16.7. The van der Waals surface area contributed by atoms with Gasteiger partial charge in [0.2, 0.25) is 0 Å². The minimum atomic E-state index is -1.21. The number of carboxylic acids is 1. The van der Waals surface area contributed by atoms with Gasteiger partial charge < -0.3 is 9.84 Å². The summed E-state index contributed by atoms with van der Waals surface area (Å²) < 4.78 is 5.53. The van der Waals surface area contributed by atoms with Crippen molar-refractivity contribution in [2.24, 2.45) is 4.99 Å². The topological polar surface area (TPSA) is 88.9 Å². The van der Waals surface area contributed by atoms with Crippen molar-refractivity contribution in [2.45, 2.75) is 12.0 Å². The van der Waals surface area contributed by atoms with Crippen molar-refractivity contribution in [3.8, 4) is 17.0 Å². The number of rotatable bonds is 7. The number of Topliss-reactive ketones (excluding diaryl/α,β-unsaturated/α-hetero) is 1. The van der Waals surface area contributed by atoms with E-state index in [4.69, 9.17) is 27.9 Å². The van der Waals surface area contributed by atoms with E-state index in [9.17, 15) is 14.7 Å². The number of pyridine rings is 1. The Hall–Kier alpha value is -3.48. The number of allylic oxidation sites excluding steroid dienone is 1. The number of hydrogen-bond donors (Lipinski definition) is 1. The molecule has 0 amide bonds. The molecule has 33 heavy (non-hydrogen) atoms. The maximum Gasteiger partial charge on any atom is 0.335 e. The van der Waals surface area contributed by atoms with Gasteiger partial charge in [-0.15, -0.1) is 0 Å². The van der Waals surface area contributed by atoms with Gasteiger partial charge in [-0.2, -0.15) is 0 Å². The fraction of sp³-hybridized carbons (Fsp3) is 0.120. The lowest BCUT2D eigenvalue weighted by atomic mass is 9.83. The molecule has 0 aliphatic carbocycles. The van der Waals surface area contributed by atoms with Gasteiger partial charge in [0.25, 0.3) is 0 Å². The molecule has 0 spiro atoms. The predicted molar refractivity (Wildman–Crippen MR) is 128 cm³/mol. The van der Waals surface area contributed by atoms with Gasteiger partial charge in [0.1, 0.15) is 11.3 Å². The number of benzene rings is 2. The van der Waals surface area contributed by atoms with E-state index in [0.717, 1.165) is 0 Å². The number of carbonyl (C=O) groups excluding carboxylic acids is 1. The Balaban J connectivity index is 1.76. The molecule has 0 radical (unpaired) electrons. The van der Waals surface area contributed by atoms with Crippen LogP contribution in [0.25, 0.3) is 11.3 Å². The van der Waals surface area contributed by atoms with Crippen LogP contribution in [-0.2, 0) is 6.42 Å². The molecule has 3 aromatic rings. The standard InChI is InChI=1S/C25H18Cl2N2O4/c1-33-22-6-3-15(21-12-16(24(31)32)7-10-28-21)11-17(22)14-25(8-2-9-29-25)23(30)19-5-4-18(26)13-20(19)27/h2-13H,14H2,1H3,(H,31,32). The Morgan fingerprint density at radius 3 is 2.58 bits per heavy atom. The molecule has 8 heteroatoms. The smallest absolute Gasteiger partial charge is 0.335 e. The summed E-state index contributed by atoms with van der Waals surface area (Å²) in [6.07, 6.45) is 6.68. The Kier molecular flexibility index (Phi) is 6.31. The summed E-state index contributed by atoms with van der Waals surface area (Å²) >= 11 is 12.3. The Bertz CT molecular complexity index is 1310. The fourth-order valence-electron chi connectivity index (χ4n) is 3.74. The van der Waals surface area contributed by atoms with Gasteiger partial charge in [0, 0.05) is 35.0 Å². The Morgan fingerprint density at radius 1 is 1.09 bits per heavy atom. The van der Waals surface area contributed by atoms with E-state index in [2.05, 4.69) is 9.98 Å². The van der Waals surface area contributed by atoms with Crippen LogP contribution in [0.4, 0.5) is 0 Å². The van der Waals surface area contributed by atoms with E-state index in [1.165, 1.54) is 24.4 Å². The van der Waals surface area contributed by atoms with Crippen molar-refractivity contribution in [1.29, 1.82) is 0 Å². The van der Waals surface area contributed by atoms with Gasteiger partial charge in [-0.05, 0) is 66.2 Å². The molecule has 0 saturated heterocycles. The summed E-state index contributed by atoms with van der Waals surface area (Å²) in [6.45, 7) is 0. The molecule has 0 fully saturated rings. The number of ketones is 1. The van der Waals surface area contributed by atoms with Crippen molar-refractivity contribution in [1.82, 2.24) is 4.98 Å². The molecule has 0 saturated carbocycles. The molecule has 1 atom stereocenters. The maximum absolute atomic E-state index is 13.6. The van der Waals surface area contributed by atoms with Crippen LogP contribution in [0, 0.1) is 0 Å². The molecule has 0 bridgehead atoms. The molecule has 1 aliphatic heterocycles. The highest BCUT2D eigenvalue weighted by Crippen LogP contribution is 2.35. The molecule has 1 unspecified atom stereocenters. The number of carboxylic acid groups (broad SMARTS) is 1. The lowest BCUT2D eigenvalue weighted by Crippen LogP contribution is -2.36. The monoisotopic (exact) mass is 480 g/mol. The number of methoxy groups -OCH3 is 1. The van der Waals surface area contributed by atoms with Crippen molar-refractivity contribution >= 4 is 41.2 Å². The molecule has 1 aliphatic rings. The number of aliphatic imine (C=N–C) groups is 1. The number of hydrogen-bond acceptors (Lipinski definition) is 5. The summed E-state index contributed by atoms with van der Waals surface area (Å²) in [5.41, 5.74) is 1.12. The molecule has 2 heterocycles. The zero-order valence-corrected chi connectivity index (χ0v) is 19.0. The largest absolute Gasteiger partial charge is 0.496 e. The molecule has 166 valence electrons. The quantitative estimate of drug-likeness (QED) is 0.446. The van der Waals surface area contributed by atoms with Crippen LogP contribution in [0.5, 0.6) is 5.75 Å². The number of aromatic carboxylic acids is 1. The number of halogens is 2. The molecule has 6 nitrogen and oxygen atoms in total. The lowest BCUT2D eigenvalue weighted by Gasteiger charge is -2.25. The van der Waals surface area contributed by atoms with E-state index < -0.39 is 11.5 Å². The minimum absolute atomic E-state index is 0.129. The SMILES string of the molecule is COc1ccc(-c2cc(C(=O)O)ccn2)cc1CC1(C(=O)c2ccc(Cl)cc2Cl)C=CC=N1. The third-order valence-electron chi connectivity index (χ3n) is 5.37. The van der Waals surface area contributed by atoms with Crippen LogP contribution < -0.4 is 4.74 Å². The highest BCUT2D eigenvalue weighted by Gasteiger charge is 2.39. The molecular formula is C25H18Cl2N2O4. The van der Waals surface area contributed by atoms with Crippen LogP contribution in [0.2, 0.25) is 10.0 Å². The van der Waals surface area contributed by atoms with Gasteiger partial charge >= 0.3 is 5.97 Å². The first kappa shape index (κ1) is 22.7. The van der Waals surface area contributed by atoms with Crippen LogP contribution in [-0.4, -0.2) is 40.7 Å². The second-order valence-corrected chi connectivity index (χ2v) is 8.30. The summed E-state index contributed by atoms with van der Waals surface area (Å²) in [6, 6.07) is 13.0. The van der Waals surface area contributed by atoms with Gasteiger partial charge in [-0.25, -0.2) is 4.79 Å². The number of ether oxygens (including phenoxy) is 1. The van der Waals surface area contributed by atoms with Gasteiger partial charge in [0.15, 0.2) is 5.78 Å². The van der Waals surface area contributed by atoms with E-state index in [0.29, 0.717) is 33.2 Å². The van der Waals surface area contributed by atoms with E-state index in [1.54, 1.807) is 49.7 Å². The molecule has 2 aromatic carbocycles. The van der Waals surface area contributed by atoms with Gasteiger partial charge in [-0.3, -0.25) is 14.8 Å². The Labute approximate surface area is 200 Å². The third-order valence-corrected chi connectivity index (χ3v) is 5.92. The van der Waals surface area contributed by atoms with Crippen LogP contribution in [0.15, 0.2) is 71.9 Å². The van der Waals surface area contributed by atoms with Crippen molar-refractivity contribution < 1.29 is 19.4 Å². The van der Waals surface area contributed by atoms with Crippen LogP contribution in [0.3, 0.4) is 0 Å². The number of aromatic nitrogens is 1. The van der Waals surface area contributed by atoms with Crippen molar-refractivity contribution in [3.05, 3.63) is 93.6 Å². The molecular weight excluding hydrogens is 463 g/mol. The molecule has 4 rings (SSSR count). The van der Waals surface area contributed by atoms with E-state index >= 15 is 0 Å². The summed E-state index contributed by atoms with van der Waals surface area (Å²) in [5, 5.41) is 9.98. The number of nitrogens with zero attached hydrogens (tertiary/aromatic N) is 2. The first-order valence-electron chi connectivity index (χ1n) is 9.92. The second kappa shape index (κ2) is 9.17. The highest BCUT2D eigenvalue weighted by atomic mass is 35.5. The molecule has 1 N–H and O–H groups in total. The number of carbonyl (C=O) groups is 2. The first-order chi connectivity index (χ1) is 15.8. The van der Waals surface area contributed by atoms with Crippen molar-refractivity contribution in [3.63, 3.8) is 0 Å². The summed E-state index contributed by atoms with van der Waals surface area (Å²) in [7, 11) is 1.54. The zero-order valence-electron chi connectivity index (χ0n) is 17.5. The van der Waals surface area contributed by atoms with Crippen LogP contribution >= 0.6 is 23.2 Å². The third kappa shape index (κ3) is 4.53. The lowest BCUT2D eigenvalue weighted by molar-refractivity contribution is 0.0696. The molecule has 1 aromatic heterocycles. The van der Waals surface area contributed by atoms with E-state index in [1.807, 2.05) is 6.07 Å². The zero-order chi connectivity index (χ0) is 23.6. The van der Waals surface area contributed by atoms with E-state index in [-0.39, 0.29) is 22.8 Å². The van der Waals surface area contributed by atoms with Crippen LogP contribution in [0.1, 0.15) is 26.3 Å². The first-order valence-corrected chi connectivity index (χ1v) is 10.7. The average Bonchev–Trinajstić information content (AvgIpc) is 3.28. The summed E-state index contributed by atoms with van der Waals surface area (Å²) in [4.78, 5) is 33.7. The van der Waals surface area contributed by atoms with Gasteiger partial charge in [0.05, 0.1) is 23.4 Å². The summed E-state index contributed by atoms with van der Waals surface area (Å²) in [5.74, 6) is -0.743. The predicted octanol–water partition coefficient (Wildman–Crippen LogP) is 5.57. The Morgan fingerprint density at radius 2 is 1.91 bits per heavy atom. The highest BCUT2D eigenvalue weighted by molar-refractivity contribution is 6.37. The van der Waals surface area contributed by atoms with Gasteiger partial charge in [-0.1, -0.05) is 23.2 Å². The second-order valence-electron chi connectivity index (χ2n) is 7.45.